The number of aromatic nitrogens is 2. The highest BCUT2D eigenvalue weighted by atomic mass is 32.1. The predicted octanol–water partition coefficient (Wildman–Crippen LogP) is 4.30. The molecule has 0 saturated heterocycles. The average molecular weight is 404 g/mol. The minimum absolute atomic E-state index is 0.0304. The Hall–Kier alpha value is -2.99. The Balaban J connectivity index is 1.34. The Morgan fingerprint density at radius 1 is 1.10 bits per heavy atom. The number of thiophene rings is 1. The van der Waals surface area contributed by atoms with E-state index < -0.39 is 0 Å². The van der Waals surface area contributed by atoms with Crippen molar-refractivity contribution in [3.05, 3.63) is 74.6 Å². The summed E-state index contributed by atoms with van der Waals surface area (Å²) < 4.78 is 5.42. The van der Waals surface area contributed by atoms with E-state index in [-0.39, 0.29) is 24.6 Å². The Morgan fingerprint density at radius 3 is 2.86 bits per heavy atom. The van der Waals surface area contributed by atoms with Crippen LogP contribution in [0.4, 0.5) is 0 Å². The molecule has 1 aliphatic rings. The largest absolute Gasteiger partial charge is 0.457 e. The van der Waals surface area contributed by atoms with Crippen molar-refractivity contribution in [2.45, 2.75) is 38.7 Å². The maximum Gasteiger partial charge on any atom is 0.310 e. The molecule has 0 saturated carbocycles. The van der Waals surface area contributed by atoms with E-state index in [0.29, 0.717) is 5.82 Å². The summed E-state index contributed by atoms with van der Waals surface area (Å²) in [6.07, 6.45) is 4.42. The van der Waals surface area contributed by atoms with Gasteiger partial charge in [-0.15, -0.1) is 11.3 Å². The molecule has 0 atom stereocenters. The fraction of sp³-hybridized carbons (Fsp3) is 0.261. The van der Waals surface area contributed by atoms with Crippen LogP contribution >= 0.6 is 11.3 Å². The van der Waals surface area contributed by atoms with Gasteiger partial charge < -0.3 is 9.72 Å². The first-order chi connectivity index (χ1) is 14.2. The predicted molar refractivity (Wildman–Crippen MR) is 114 cm³/mol. The summed E-state index contributed by atoms with van der Waals surface area (Å²) in [4.78, 5) is 34.4. The molecule has 0 spiro atoms. The van der Waals surface area contributed by atoms with E-state index >= 15 is 0 Å². The quantitative estimate of drug-likeness (QED) is 0.515. The molecule has 4 aromatic rings. The van der Waals surface area contributed by atoms with E-state index in [1.807, 2.05) is 42.5 Å². The number of H-pyrrole nitrogens is 1. The van der Waals surface area contributed by atoms with Gasteiger partial charge in [0.2, 0.25) is 0 Å². The zero-order chi connectivity index (χ0) is 19.8. The van der Waals surface area contributed by atoms with Crippen LogP contribution in [0.2, 0.25) is 0 Å². The highest BCUT2D eigenvalue weighted by Crippen LogP contribution is 2.33. The number of rotatable bonds is 4. The summed E-state index contributed by atoms with van der Waals surface area (Å²) >= 11 is 1.59. The standard InChI is InChI=1S/C23H20N2O3S/c26-20(12-15-8-5-7-14-6-1-2-9-16(14)15)28-13-19-24-22(27)21-17-10-3-4-11-18(17)29-23(21)25-19/h1-2,5-9H,3-4,10-13H2,(H,24,25,27). The molecule has 2 aromatic carbocycles. The number of ether oxygens (including phenoxy) is 1. The van der Waals surface area contributed by atoms with E-state index in [2.05, 4.69) is 9.97 Å². The number of fused-ring (bicyclic) bond motifs is 4. The number of carbonyl (C=O) groups excluding carboxylic acids is 1. The third-order valence-corrected chi connectivity index (χ3v) is 6.64. The van der Waals surface area contributed by atoms with Crippen LogP contribution < -0.4 is 5.56 Å². The Bertz CT molecular complexity index is 1280. The van der Waals surface area contributed by atoms with Gasteiger partial charge >= 0.3 is 5.97 Å². The van der Waals surface area contributed by atoms with Crippen molar-refractivity contribution in [3.63, 3.8) is 0 Å². The second kappa shape index (κ2) is 7.44. The zero-order valence-electron chi connectivity index (χ0n) is 15.9. The number of benzene rings is 2. The average Bonchev–Trinajstić information content (AvgIpc) is 3.11. The van der Waals surface area contributed by atoms with Crippen molar-refractivity contribution >= 4 is 38.3 Å². The molecule has 2 aromatic heterocycles. The van der Waals surface area contributed by atoms with Crippen LogP contribution in [-0.4, -0.2) is 15.9 Å². The molecule has 5 rings (SSSR count). The summed E-state index contributed by atoms with van der Waals surface area (Å²) in [7, 11) is 0. The van der Waals surface area contributed by atoms with Gasteiger partial charge in [0.25, 0.3) is 5.56 Å². The summed E-state index contributed by atoms with van der Waals surface area (Å²) in [5, 5.41) is 2.86. The van der Waals surface area contributed by atoms with E-state index in [1.54, 1.807) is 11.3 Å². The molecule has 5 nitrogen and oxygen atoms in total. The van der Waals surface area contributed by atoms with Gasteiger partial charge in [-0.25, -0.2) is 4.98 Å². The maximum atomic E-state index is 12.6. The van der Waals surface area contributed by atoms with Gasteiger partial charge in [0.1, 0.15) is 17.3 Å². The number of nitrogens with one attached hydrogen (secondary N) is 1. The van der Waals surface area contributed by atoms with Crippen LogP contribution in [-0.2, 0) is 35.4 Å². The first kappa shape index (κ1) is 18.1. The van der Waals surface area contributed by atoms with E-state index in [9.17, 15) is 9.59 Å². The fourth-order valence-electron chi connectivity index (χ4n) is 4.08. The molecule has 146 valence electrons. The molecule has 1 N–H and O–H groups in total. The van der Waals surface area contributed by atoms with Gasteiger partial charge in [-0.2, -0.15) is 0 Å². The SMILES string of the molecule is O=C(Cc1cccc2ccccc12)OCc1nc2sc3c(c2c(=O)[nH]1)CCCC3. The number of aromatic amines is 1. The lowest BCUT2D eigenvalue weighted by Crippen LogP contribution is -2.15. The molecule has 2 heterocycles. The fourth-order valence-corrected chi connectivity index (χ4v) is 5.36. The number of hydrogen-bond acceptors (Lipinski definition) is 5. The lowest BCUT2D eigenvalue weighted by atomic mass is 9.97. The van der Waals surface area contributed by atoms with Gasteiger partial charge in [-0.05, 0) is 47.6 Å². The highest BCUT2D eigenvalue weighted by molar-refractivity contribution is 7.18. The van der Waals surface area contributed by atoms with Gasteiger partial charge in [-0.1, -0.05) is 42.5 Å². The second-order valence-electron chi connectivity index (χ2n) is 7.38. The van der Waals surface area contributed by atoms with Crippen LogP contribution in [0.25, 0.3) is 21.0 Å². The van der Waals surface area contributed by atoms with Crippen LogP contribution in [0.5, 0.6) is 0 Å². The van der Waals surface area contributed by atoms with Crippen molar-refractivity contribution in [2.24, 2.45) is 0 Å². The van der Waals surface area contributed by atoms with E-state index in [1.165, 1.54) is 4.88 Å². The number of hydrogen-bond donors (Lipinski definition) is 1. The number of esters is 1. The Morgan fingerprint density at radius 2 is 1.93 bits per heavy atom. The lowest BCUT2D eigenvalue weighted by molar-refractivity contribution is -0.144. The monoisotopic (exact) mass is 404 g/mol. The second-order valence-corrected chi connectivity index (χ2v) is 8.46. The third-order valence-electron chi connectivity index (χ3n) is 5.46. The lowest BCUT2D eigenvalue weighted by Gasteiger charge is -2.09. The van der Waals surface area contributed by atoms with Crippen molar-refractivity contribution in [3.8, 4) is 0 Å². The summed E-state index contributed by atoms with van der Waals surface area (Å²) in [5.41, 5.74) is 1.95. The molecular weight excluding hydrogens is 384 g/mol. The molecule has 0 amide bonds. The van der Waals surface area contributed by atoms with Crippen molar-refractivity contribution < 1.29 is 9.53 Å². The van der Waals surface area contributed by atoms with Crippen LogP contribution in [0.3, 0.4) is 0 Å². The molecule has 0 radical (unpaired) electrons. The third kappa shape index (κ3) is 3.44. The van der Waals surface area contributed by atoms with Crippen molar-refractivity contribution in [2.75, 3.05) is 0 Å². The van der Waals surface area contributed by atoms with Crippen molar-refractivity contribution in [1.82, 2.24) is 9.97 Å². The van der Waals surface area contributed by atoms with Crippen molar-refractivity contribution in [1.29, 1.82) is 0 Å². The highest BCUT2D eigenvalue weighted by Gasteiger charge is 2.20. The summed E-state index contributed by atoms with van der Waals surface area (Å²) in [5.74, 6) is 0.0574. The molecule has 0 fully saturated rings. The van der Waals surface area contributed by atoms with Crippen LogP contribution in [0, 0.1) is 0 Å². The van der Waals surface area contributed by atoms with Crippen LogP contribution in [0.15, 0.2) is 47.3 Å². The number of nitrogens with zero attached hydrogens (tertiary/aromatic N) is 1. The molecule has 1 aliphatic carbocycles. The van der Waals surface area contributed by atoms with Gasteiger partial charge in [0.15, 0.2) is 0 Å². The Labute approximate surface area is 171 Å². The maximum absolute atomic E-state index is 12.6. The minimum atomic E-state index is -0.338. The van der Waals surface area contributed by atoms with E-state index in [4.69, 9.17) is 4.74 Å². The Kier molecular flexibility index (Phi) is 4.64. The van der Waals surface area contributed by atoms with E-state index in [0.717, 1.165) is 57.8 Å². The first-order valence-electron chi connectivity index (χ1n) is 9.85. The molecule has 6 heteroatoms. The number of aryl methyl sites for hydroxylation is 2. The van der Waals surface area contributed by atoms with Gasteiger partial charge in [-0.3, -0.25) is 9.59 Å². The minimum Gasteiger partial charge on any atom is -0.457 e. The molecule has 29 heavy (non-hydrogen) atoms. The molecule has 0 aliphatic heterocycles. The summed E-state index contributed by atoms with van der Waals surface area (Å²) in [6, 6.07) is 13.9. The smallest absolute Gasteiger partial charge is 0.310 e. The van der Waals surface area contributed by atoms with Crippen LogP contribution in [0.1, 0.15) is 34.7 Å². The molecule has 0 bridgehead atoms. The molecule has 0 unspecified atom stereocenters. The normalized spacial score (nSPS) is 13.5. The zero-order valence-corrected chi connectivity index (χ0v) is 16.7. The summed E-state index contributed by atoms with van der Waals surface area (Å²) in [6.45, 7) is -0.0304. The number of carbonyl (C=O) groups is 1. The van der Waals surface area contributed by atoms with Gasteiger partial charge in [0.05, 0.1) is 11.8 Å². The van der Waals surface area contributed by atoms with Gasteiger partial charge in [0, 0.05) is 4.88 Å². The molecular formula is C23H20N2O3S. The topological polar surface area (TPSA) is 72.0 Å². The first-order valence-corrected chi connectivity index (χ1v) is 10.7.